The second kappa shape index (κ2) is 8.22. The lowest BCUT2D eigenvalue weighted by Gasteiger charge is -2.29. The SMILES string of the molecule is Cc1ccncc1C(=O)N1CCc2cc(S(=O)(=O)NCC3CCCO3)ccc2C1. The number of benzene rings is 1. The van der Waals surface area contributed by atoms with Crippen molar-refractivity contribution in [1.82, 2.24) is 14.6 Å². The summed E-state index contributed by atoms with van der Waals surface area (Å²) in [5.41, 5.74) is 3.45. The fourth-order valence-corrected chi connectivity index (χ4v) is 4.94. The minimum absolute atomic E-state index is 0.0436. The summed E-state index contributed by atoms with van der Waals surface area (Å²) in [6.45, 7) is 3.90. The molecule has 1 amide bonds. The van der Waals surface area contributed by atoms with Crippen LogP contribution in [0, 0.1) is 6.92 Å². The molecule has 4 rings (SSSR count). The Morgan fingerprint density at radius 2 is 2.17 bits per heavy atom. The first kappa shape index (κ1) is 20.0. The molecule has 0 radical (unpaired) electrons. The van der Waals surface area contributed by atoms with Gasteiger partial charge in [0.1, 0.15) is 0 Å². The number of aromatic nitrogens is 1. The molecule has 154 valence electrons. The van der Waals surface area contributed by atoms with E-state index in [2.05, 4.69) is 9.71 Å². The molecule has 7 nitrogen and oxygen atoms in total. The van der Waals surface area contributed by atoms with Gasteiger partial charge in [0.05, 0.1) is 16.6 Å². The number of nitrogens with one attached hydrogen (secondary N) is 1. The summed E-state index contributed by atoms with van der Waals surface area (Å²) in [5, 5.41) is 0. The van der Waals surface area contributed by atoms with Crippen LogP contribution in [0.25, 0.3) is 0 Å². The van der Waals surface area contributed by atoms with Crippen LogP contribution in [-0.2, 0) is 27.7 Å². The third kappa shape index (κ3) is 4.34. The summed E-state index contributed by atoms with van der Waals surface area (Å²) in [6, 6.07) is 6.97. The molecule has 2 aliphatic rings. The van der Waals surface area contributed by atoms with E-state index in [0.717, 1.165) is 29.5 Å². The van der Waals surface area contributed by atoms with Gasteiger partial charge in [-0.15, -0.1) is 0 Å². The van der Waals surface area contributed by atoms with Gasteiger partial charge in [0, 0.05) is 38.6 Å². The van der Waals surface area contributed by atoms with Crippen LogP contribution in [0.5, 0.6) is 0 Å². The zero-order chi connectivity index (χ0) is 20.4. The predicted octanol–water partition coefficient (Wildman–Crippen LogP) is 2.05. The predicted molar refractivity (Wildman–Crippen MR) is 108 cm³/mol. The monoisotopic (exact) mass is 415 g/mol. The molecule has 1 unspecified atom stereocenters. The number of carbonyl (C=O) groups excluding carboxylic acids is 1. The van der Waals surface area contributed by atoms with Gasteiger partial charge in [0.25, 0.3) is 5.91 Å². The first-order valence-corrected chi connectivity index (χ1v) is 11.4. The molecule has 1 fully saturated rings. The molecule has 1 saturated heterocycles. The number of hydrogen-bond donors (Lipinski definition) is 1. The molecule has 2 aromatic rings. The highest BCUT2D eigenvalue weighted by Gasteiger charge is 2.25. The number of ether oxygens (including phenoxy) is 1. The highest BCUT2D eigenvalue weighted by molar-refractivity contribution is 7.89. The number of hydrogen-bond acceptors (Lipinski definition) is 5. The molecule has 29 heavy (non-hydrogen) atoms. The standard InChI is InChI=1S/C21H25N3O4S/c1-15-6-8-22-13-20(15)21(25)24-9-7-16-11-19(5-4-17(16)14-24)29(26,27)23-12-18-3-2-10-28-18/h4-6,8,11,13,18,23H,2-3,7,9-10,12,14H2,1H3. The minimum Gasteiger partial charge on any atom is -0.377 e. The Morgan fingerprint density at radius 3 is 2.93 bits per heavy atom. The summed E-state index contributed by atoms with van der Waals surface area (Å²) in [5.74, 6) is -0.0452. The first-order chi connectivity index (χ1) is 13.9. The Labute approximate surface area is 171 Å². The Kier molecular flexibility index (Phi) is 5.67. The molecular formula is C21H25N3O4S. The van der Waals surface area contributed by atoms with Crippen LogP contribution in [0.2, 0.25) is 0 Å². The largest absolute Gasteiger partial charge is 0.377 e. The van der Waals surface area contributed by atoms with Gasteiger partial charge in [0.2, 0.25) is 10.0 Å². The number of amides is 1. The molecule has 0 saturated carbocycles. The van der Waals surface area contributed by atoms with Crippen molar-refractivity contribution in [3.63, 3.8) is 0 Å². The lowest BCUT2D eigenvalue weighted by atomic mass is 9.99. The summed E-state index contributed by atoms with van der Waals surface area (Å²) in [4.78, 5) is 18.9. The first-order valence-electron chi connectivity index (χ1n) is 9.87. The van der Waals surface area contributed by atoms with E-state index in [1.807, 2.05) is 19.1 Å². The summed E-state index contributed by atoms with van der Waals surface area (Å²) in [7, 11) is -3.58. The van der Waals surface area contributed by atoms with Gasteiger partial charge in [0.15, 0.2) is 0 Å². The highest BCUT2D eigenvalue weighted by Crippen LogP contribution is 2.24. The van der Waals surface area contributed by atoms with Gasteiger partial charge in [-0.25, -0.2) is 13.1 Å². The van der Waals surface area contributed by atoms with Crippen LogP contribution < -0.4 is 4.72 Å². The van der Waals surface area contributed by atoms with E-state index in [1.54, 1.807) is 29.4 Å². The number of aryl methyl sites for hydroxylation is 1. The maximum absolute atomic E-state index is 12.8. The van der Waals surface area contributed by atoms with Crippen molar-refractivity contribution in [3.8, 4) is 0 Å². The smallest absolute Gasteiger partial charge is 0.255 e. The van der Waals surface area contributed by atoms with E-state index in [-0.39, 0.29) is 16.9 Å². The van der Waals surface area contributed by atoms with Crippen molar-refractivity contribution in [3.05, 3.63) is 58.9 Å². The third-order valence-electron chi connectivity index (χ3n) is 5.58. The van der Waals surface area contributed by atoms with E-state index in [0.29, 0.717) is 38.2 Å². The molecule has 8 heteroatoms. The van der Waals surface area contributed by atoms with Crippen molar-refractivity contribution in [2.75, 3.05) is 19.7 Å². The van der Waals surface area contributed by atoms with Crippen LogP contribution in [0.15, 0.2) is 41.6 Å². The molecule has 1 aromatic heterocycles. The van der Waals surface area contributed by atoms with E-state index in [4.69, 9.17) is 4.74 Å². The van der Waals surface area contributed by atoms with Gasteiger partial charge in [-0.05, 0) is 61.1 Å². The average Bonchev–Trinajstić information content (AvgIpc) is 3.25. The van der Waals surface area contributed by atoms with Crippen molar-refractivity contribution >= 4 is 15.9 Å². The third-order valence-corrected chi connectivity index (χ3v) is 7.00. The second-order valence-electron chi connectivity index (χ2n) is 7.58. The number of rotatable bonds is 5. The average molecular weight is 416 g/mol. The van der Waals surface area contributed by atoms with Crippen LogP contribution in [0.3, 0.4) is 0 Å². The quantitative estimate of drug-likeness (QED) is 0.807. The molecule has 0 aliphatic carbocycles. The Hall–Kier alpha value is -2.29. The van der Waals surface area contributed by atoms with Crippen molar-refractivity contribution in [2.45, 2.75) is 43.7 Å². The zero-order valence-electron chi connectivity index (χ0n) is 16.4. The van der Waals surface area contributed by atoms with Gasteiger partial charge in [-0.1, -0.05) is 6.07 Å². The molecular weight excluding hydrogens is 390 g/mol. The summed E-state index contributed by atoms with van der Waals surface area (Å²) in [6.07, 6.45) is 5.70. The Balaban J connectivity index is 1.47. The topological polar surface area (TPSA) is 88.6 Å². The number of sulfonamides is 1. The van der Waals surface area contributed by atoms with Crippen LogP contribution >= 0.6 is 0 Å². The van der Waals surface area contributed by atoms with Gasteiger partial charge >= 0.3 is 0 Å². The maximum Gasteiger partial charge on any atom is 0.255 e. The van der Waals surface area contributed by atoms with Gasteiger partial charge in [-0.3, -0.25) is 9.78 Å². The lowest BCUT2D eigenvalue weighted by molar-refractivity contribution is 0.0733. The number of pyridine rings is 1. The lowest BCUT2D eigenvalue weighted by Crippen LogP contribution is -2.36. The normalized spacial score (nSPS) is 19.2. The van der Waals surface area contributed by atoms with Gasteiger partial charge in [-0.2, -0.15) is 0 Å². The highest BCUT2D eigenvalue weighted by atomic mass is 32.2. The molecule has 3 heterocycles. The Morgan fingerprint density at radius 1 is 1.31 bits per heavy atom. The number of nitrogens with zero attached hydrogens (tertiary/aromatic N) is 2. The van der Waals surface area contributed by atoms with E-state index >= 15 is 0 Å². The van der Waals surface area contributed by atoms with Crippen LogP contribution in [0.1, 0.15) is 39.9 Å². The second-order valence-corrected chi connectivity index (χ2v) is 9.35. The maximum atomic E-state index is 12.8. The molecule has 0 bridgehead atoms. The number of carbonyl (C=O) groups is 1. The molecule has 1 atom stereocenters. The van der Waals surface area contributed by atoms with Crippen LogP contribution in [-0.4, -0.2) is 50.0 Å². The van der Waals surface area contributed by atoms with E-state index in [1.165, 1.54) is 0 Å². The fraction of sp³-hybridized carbons (Fsp3) is 0.429. The molecule has 1 N–H and O–H groups in total. The molecule has 1 aromatic carbocycles. The van der Waals surface area contributed by atoms with Crippen LogP contribution in [0.4, 0.5) is 0 Å². The zero-order valence-corrected chi connectivity index (χ0v) is 17.2. The summed E-state index contributed by atoms with van der Waals surface area (Å²) >= 11 is 0. The fourth-order valence-electron chi connectivity index (χ4n) is 3.82. The van der Waals surface area contributed by atoms with E-state index < -0.39 is 10.0 Å². The summed E-state index contributed by atoms with van der Waals surface area (Å²) < 4.78 is 33.4. The van der Waals surface area contributed by atoms with E-state index in [9.17, 15) is 13.2 Å². The molecule has 2 aliphatic heterocycles. The number of fused-ring (bicyclic) bond motifs is 1. The molecule has 0 spiro atoms. The minimum atomic E-state index is -3.58. The Bertz CT molecular complexity index is 1020. The van der Waals surface area contributed by atoms with Gasteiger partial charge < -0.3 is 9.64 Å². The van der Waals surface area contributed by atoms with Crippen molar-refractivity contribution in [2.24, 2.45) is 0 Å². The van der Waals surface area contributed by atoms with Crippen molar-refractivity contribution in [1.29, 1.82) is 0 Å². The van der Waals surface area contributed by atoms with Crippen molar-refractivity contribution < 1.29 is 17.9 Å².